The maximum absolute atomic E-state index is 11.6. The van der Waals surface area contributed by atoms with Gasteiger partial charge < -0.3 is 10.1 Å². The van der Waals surface area contributed by atoms with Crippen LogP contribution in [-0.2, 0) is 4.74 Å². The summed E-state index contributed by atoms with van der Waals surface area (Å²) < 4.78 is 5.12. The first-order valence-electron chi connectivity index (χ1n) is 4.69. The molecular weight excluding hydrogens is 198 g/mol. The Labute approximate surface area is 85.6 Å². The minimum absolute atomic E-state index is 0.0387. The molecule has 0 aliphatic carbocycles. The molecule has 0 radical (unpaired) electrons. The van der Waals surface area contributed by atoms with Crippen molar-refractivity contribution < 1.29 is 9.53 Å². The smallest absolute Gasteiger partial charge is 0.264 e. The maximum atomic E-state index is 11.6. The number of aromatic amines is 1. The molecule has 1 fully saturated rings. The van der Waals surface area contributed by atoms with E-state index in [0.717, 1.165) is 6.42 Å². The van der Waals surface area contributed by atoms with Crippen LogP contribution in [-0.4, -0.2) is 35.4 Å². The molecule has 1 saturated heterocycles. The first kappa shape index (κ1) is 9.85. The number of rotatable bonds is 2. The van der Waals surface area contributed by atoms with E-state index < -0.39 is 0 Å². The van der Waals surface area contributed by atoms with Crippen molar-refractivity contribution in [2.45, 2.75) is 12.5 Å². The zero-order chi connectivity index (χ0) is 10.7. The molecule has 1 aromatic rings. The lowest BCUT2D eigenvalue weighted by Gasteiger charge is -2.09. The second-order valence-electron chi connectivity index (χ2n) is 3.37. The Morgan fingerprint density at radius 1 is 1.67 bits per heavy atom. The van der Waals surface area contributed by atoms with E-state index in [1.54, 1.807) is 0 Å². The number of hydrogen-bond acceptors (Lipinski definition) is 4. The monoisotopic (exact) mass is 209 g/mol. The van der Waals surface area contributed by atoms with Gasteiger partial charge in [-0.25, -0.2) is 5.10 Å². The molecule has 0 aromatic carbocycles. The Morgan fingerprint density at radius 3 is 3.20 bits per heavy atom. The fourth-order valence-electron chi connectivity index (χ4n) is 1.42. The van der Waals surface area contributed by atoms with Gasteiger partial charge in [0.05, 0.1) is 24.4 Å². The lowest BCUT2D eigenvalue weighted by atomic mass is 10.2. The van der Waals surface area contributed by atoms with Crippen LogP contribution >= 0.6 is 0 Å². The summed E-state index contributed by atoms with van der Waals surface area (Å²) in [7, 11) is 0. The molecule has 1 unspecified atom stereocenters. The molecule has 1 aliphatic rings. The van der Waals surface area contributed by atoms with Gasteiger partial charge in [0, 0.05) is 12.7 Å². The van der Waals surface area contributed by atoms with Crippen molar-refractivity contribution in [2.24, 2.45) is 0 Å². The maximum Gasteiger partial charge on any atom is 0.264 e. The van der Waals surface area contributed by atoms with Crippen molar-refractivity contribution in [1.82, 2.24) is 15.5 Å². The Hall–Kier alpha value is -1.69. The fourth-order valence-corrected chi connectivity index (χ4v) is 1.42. The van der Waals surface area contributed by atoms with Crippen LogP contribution in [0.15, 0.2) is 17.1 Å². The van der Waals surface area contributed by atoms with Crippen molar-refractivity contribution >= 4 is 5.91 Å². The highest BCUT2D eigenvalue weighted by molar-refractivity contribution is 5.93. The van der Waals surface area contributed by atoms with Crippen LogP contribution in [0, 0.1) is 0 Å². The van der Waals surface area contributed by atoms with Gasteiger partial charge in [-0.15, -0.1) is 0 Å². The van der Waals surface area contributed by atoms with E-state index in [1.165, 1.54) is 12.3 Å². The van der Waals surface area contributed by atoms with E-state index in [0.29, 0.717) is 13.2 Å². The number of nitrogens with zero attached hydrogens (tertiary/aromatic N) is 1. The van der Waals surface area contributed by atoms with Crippen LogP contribution in [0.4, 0.5) is 0 Å². The number of nitrogens with one attached hydrogen (secondary N) is 2. The van der Waals surface area contributed by atoms with Crippen molar-refractivity contribution in [3.8, 4) is 0 Å². The molecule has 80 valence electrons. The van der Waals surface area contributed by atoms with Crippen LogP contribution in [0.1, 0.15) is 16.8 Å². The third kappa shape index (κ3) is 2.41. The zero-order valence-corrected chi connectivity index (χ0v) is 8.03. The number of carbonyl (C=O) groups excluding carboxylic acids is 1. The molecule has 15 heavy (non-hydrogen) atoms. The van der Waals surface area contributed by atoms with Gasteiger partial charge in [-0.2, -0.15) is 5.10 Å². The summed E-state index contributed by atoms with van der Waals surface area (Å²) >= 11 is 0. The van der Waals surface area contributed by atoms with Crippen molar-refractivity contribution in [2.75, 3.05) is 13.2 Å². The quantitative estimate of drug-likeness (QED) is 0.673. The number of ether oxygens (including phenoxy) is 1. The molecule has 6 heteroatoms. The number of aromatic nitrogens is 2. The minimum Gasteiger partial charge on any atom is -0.379 e. The van der Waals surface area contributed by atoms with E-state index >= 15 is 0 Å². The number of H-pyrrole nitrogens is 1. The first-order chi connectivity index (χ1) is 7.25. The highest BCUT2D eigenvalue weighted by atomic mass is 16.5. The van der Waals surface area contributed by atoms with Gasteiger partial charge in [0.15, 0.2) is 0 Å². The third-order valence-electron chi connectivity index (χ3n) is 2.19. The Bertz CT molecular complexity index is 409. The van der Waals surface area contributed by atoms with E-state index in [-0.39, 0.29) is 23.1 Å². The van der Waals surface area contributed by atoms with E-state index in [1.807, 2.05) is 0 Å². The lowest BCUT2D eigenvalue weighted by Crippen LogP contribution is -2.35. The summed E-state index contributed by atoms with van der Waals surface area (Å²) in [6, 6.07) is 1.26. The molecule has 2 heterocycles. The molecular formula is C9H11N3O3. The minimum atomic E-state index is -0.384. The third-order valence-corrected chi connectivity index (χ3v) is 2.19. The van der Waals surface area contributed by atoms with Gasteiger partial charge in [0.25, 0.3) is 11.5 Å². The molecule has 1 atom stereocenters. The average Bonchev–Trinajstić information content (AvgIpc) is 2.70. The Balaban J connectivity index is 2.04. The molecule has 1 aromatic heterocycles. The van der Waals surface area contributed by atoms with Crippen LogP contribution in [0.3, 0.4) is 0 Å². The molecule has 0 spiro atoms. The molecule has 2 N–H and O–H groups in total. The van der Waals surface area contributed by atoms with Gasteiger partial charge in [-0.3, -0.25) is 9.59 Å². The molecule has 1 amide bonds. The summed E-state index contributed by atoms with van der Waals surface area (Å²) in [6.07, 6.45) is 2.13. The number of carbonyl (C=O) groups is 1. The van der Waals surface area contributed by atoms with Gasteiger partial charge in [0.2, 0.25) is 0 Å². The summed E-state index contributed by atoms with van der Waals surface area (Å²) in [4.78, 5) is 22.5. The first-order valence-corrected chi connectivity index (χ1v) is 4.69. The van der Waals surface area contributed by atoms with Gasteiger partial charge in [-0.05, 0) is 6.42 Å². The van der Waals surface area contributed by atoms with Gasteiger partial charge >= 0.3 is 0 Å². The predicted molar refractivity (Wildman–Crippen MR) is 51.5 cm³/mol. The Morgan fingerprint density at radius 2 is 2.53 bits per heavy atom. The normalized spacial score (nSPS) is 20.1. The topological polar surface area (TPSA) is 84.1 Å². The van der Waals surface area contributed by atoms with Crippen molar-refractivity contribution in [1.29, 1.82) is 0 Å². The molecule has 0 saturated carbocycles. The van der Waals surface area contributed by atoms with Crippen LogP contribution in [0.25, 0.3) is 0 Å². The average molecular weight is 209 g/mol. The molecule has 1 aliphatic heterocycles. The Kier molecular flexibility index (Phi) is 2.77. The van der Waals surface area contributed by atoms with Gasteiger partial charge in [-0.1, -0.05) is 0 Å². The zero-order valence-electron chi connectivity index (χ0n) is 8.03. The number of hydrogen-bond donors (Lipinski definition) is 2. The SMILES string of the molecule is O=C(NC1CCOC1)c1cn[nH]c(=O)c1. The standard InChI is InChI=1S/C9H11N3O3/c13-8-3-6(4-10-12-8)9(14)11-7-1-2-15-5-7/h3-4,7H,1-2,5H2,(H,11,14)(H,12,13). The second kappa shape index (κ2) is 4.22. The van der Waals surface area contributed by atoms with Gasteiger partial charge in [0.1, 0.15) is 0 Å². The second-order valence-corrected chi connectivity index (χ2v) is 3.37. The largest absolute Gasteiger partial charge is 0.379 e. The molecule has 6 nitrogen and oxygen atoms in total. The van der Waals surface area contributed by atoms with E-state index in [4.69, 9.17) is 4.74 Å². The number of amides is 1. The summed E-state index contributed by atoms with van der Waals surface area (Å²) in [5.74, 6) is -0.288. The molecule has 0 bridgehead atoms. The lowest BCUT2D eigenvalue weighted by molar-refractivity contribution is 0.0929. The van der Waals surface area contributed by atoms with Crippen molar-refractivity contribution in [3.05, 3.63) is 28.2 Å². The fraction of sp³-hybridized carbons (Fsp3) is 0.444. The highest BCUT2D eigenvalue weighted by Gasteiger charge is 2.18. The molecule has 2 rings (SSSR count). The predicted octanol–water partition coefficient (Wildman–Crippen LogP) is -0.711. The summed E-state index contributed by atoms with van der Waals surface area (Å²) in [5, 5.41) is 8.53. The highest BCUT2D eigenvalue weighted by Crippen LogP contribution is 2.04. The summed E-state index contributed by atoms with van der Waals surface area (Å²) in [5.41, 5.74) is -0.115. The van der Waals surface area contributed by atoms with Crippen molar-refractivity contribution in [3.63, 3.8) is 0 Å². The van der Waals surface area contributed by atoms with Crippen LogP contribution in [0.2, 0.25) is 0 Å². The van der Waals surface area contributed by atoms with Crippen LogP contribution in [0.5, 0.6) is 0 Å². The van der Waals surface area contributed by atoms with Crippen LogP contribution < -0.4 is 10.9 Å². The van der Waals surface area contributed by atoms with E-state index in [9.17, 15) is 9.59 Å². The van der Waals surface area contributed by atoms with E-state index in [2.05, 4.69) is 15.5 Å². The summed E-state index contributed by atoms with van der Waals surface area (Å²) in [6.45, 7) is 1.20.